The molecule has 0 aliphatic carbocycles. The number of primary amides is 1. The van der Waals surface area contributed by atoms with E-state index in [-0.39, 0.29) is 17.5 Å². The van der Waals surface area contributed by atoms with Gasteiger partial charge in [-0.25, -0.2) is 9.67 Å². The Bertz CT molecular complexity index is 796. The van der Waals surface area contributed by atoms with Gasteiger partial charge in [-0.1, -0.05) is 0 Å². The van der Waals surface area contributed by atoms with Gasteiger partial charge in [0.1, 0.15) is 0 Å². The lowest BCUT2D eigenvalue weighted by atomic mass is 10.1. The van der Waals surface area contributed by atoms with Crippen molar-refractivity contribution in [3.8, 4) is 11.4 Å². The zero-order valence-corrected chi connectivity index (χ0v) is 14.3. The largest absolute Gasteiger partial charge is 0.369 e. The van der Waals surface area contributed by atoms with Crippen molar-refractivity contribution in [2.45, 2.75) is 53.1 Å². The molecule has 0 fully saturated rings. The first kappa shape index (κ1) is 16.9. The highest BCUT2D eigenvalue weighted by molar-refractivity contribution is 5.75. The number of carbonyl (C=O) groups is 1. The fourth-order valence-corrected chi connectivity index (χ4v) is 2.46. The van der Waals surface area contributed by atoms with E-state index in [2.05, 4.69) is 10.1 Å². The van der Waals surface area contributed by atoms with Crippen LogP contribution in [0.25, 0.3) is 11.4 Å². The summed E-state index contributed by atoms with van der Waals surface area (Å²) in [4.78, 5) is 28.3. The maximum atomic E-state index is 12.7. The molecule has 2 heterocycles. The van der Waals surface area contributed by atoms with Crippen LogP contribution in [0.15, 0.2) is 16.9 Å². The zero-order valence-electron chi connectivity index (χ0n) is 14.3. The second-order valence-corrected chi connectivity index (χ2v) is 6.52. The van der Waals surface area contributed by atoms with Gasteiger partial charge in [0, 0.05) is 12.2 Å². The van der Waals surface area contributed by atoms with Crippen molar-refractivity contribution in [2.24, 2.45) is 5.73 Å². The van der Waals surface area contributed by atoms with Crippen molar-refractivity contribution in [1.29, 1.82) is 0 Å². The Morgan fingerprint density at radius 3 is 2.48 bits per heavy atom. The molecule has 0 saturated heterocycles. The Balaban J connectivity index is 2.70. The average Bonchev–Trinajstić information content (AvgIpc) is 2.82. The number of rotatable bonds is 4. The van der Waals surface area contributed by atoms with Crippen LogP contribution in [0.5, 0.6) is 0 Å². The van der Waals surface area contributed by atoms with Crippen molar-refractivity contribution in [1.82, 2.24) is 19.3 Å². The lowest BCUT2D eigenvalue weighted by Gasteiger charge is -2.21. The molecule has 124 valence electrons. The molecule has 0 radical (unpaired) electrons. The Morgan fingerprint density at radius 1 is 1.30 bits per heavy atom. The molecule has 2 N–H and O–H groups in total. The van der Waals surface area contributed by atoms with E-state index >= 15 is 0 Å². The fourth-order valence-electron chi connectivity index (χ4n) is 2.46. The molecular weight excluding hydrogens is 294 g/mol. The average molecular weight is 317 g/mol. The van der Waals surface area contributed by atoms with Crippen LogP contribution in [0.4, 0.5) is 0 Å². The van der Waals surface area contributed by atoms with Gasteiger partial charge in [-0.15, -0.1) is 0 Å². The van der Waals surface area contributed by atoms with Crippen molar-refractivity contribution in [2.75, 3.05) is 0 Å². The summed E-state index contributed by atoms with van der Waals surface area (Å²) in [7, 11) is 0. The van der Waals surface area contributed by atoms with Crippen molar-refractivity contribution in [3.05, 3.63) is 34.0 Å². The van der Waals surface area contributed by atoms with Crippen LogP contribution in [-0.2, 0) is 23.3 Å². The maximum absolute atomic E-state index is 12.7. The van der Waals surface area contributed by atoms with Crippen LogP contribution in [0.1, 0.15) is 39.2 Å². The summed E-state index contributed by atoms with van der Waals surface area (Å²) in [6.07, 6.45) is -0.0517. The molecule has 2 aromatic heterocycles. The maximum Gasteiger partial charge on any atom is 0.261 e. The molecule has 0 bridgehead atoms. The van der Waals surface area contributed by atoms with Gasteiger partial charge in [-0.05, 0) is 46.8 Å². The quantitative estimate of drug-likeness (QED) is 0.917. The molecule has 2 rings (SSSR count). The predicted molar refractivity (Wildman–Crippen MR) is 88.0 cm³/mol. The molecule has 0 aliphatic rings. The van der Waals surface area contributed by atoms with Crippen molar-refractivity contribution >= 4 is 5.91 Å². The molecule has 0 aliphatic heterocycles. The number of aromatic nitrogens is 4. The monoisotopic (exact) mass is 317 g/mol. The predicted octanol–water partition coefficient (Wildman–Crippen LogP) is 1.22. The smallest absolute Gasteiger partial charge is 0.261 e. The first-order valence-corrected chi connectivity index (χ1v) is 7.60. The third-order valence-electron chi connectivity index (χ3n) is 3.57. The molecule has 0 unspecified atom stereocenters. The summed E-state index contributed by atoms with van der Waals surface area (Å²) in [6, 6.07) is 3.64. The standard InChI is InChI=1S/C16H23N5O2/c1-6-20-10(2)7-8-11(15(20)23)14-18-13(9-12(17)22)19-21(14)16(3,4)5/h7-8H,6,9H2,1-5H3,(H2,17,22). The number of carbonyl (C=O) groups excluding carboxylic acids is 1. The van der Waals surface area contributed by atoms with Crippen molar-refractivity contribution < 1.29 is 4.79 Å². The van der Waals surface area contributed by atoms with Crippen LogP contribution in [0, 0.1) is 6.92 Å². The molecule has 0 saturated carbocycles. The minimum absolute atomic E-state index is 0.0517. The Hall–Kier alpha value is -2.44. The molecule has 0 atom stereocenters. The van der Waals surface area contributed by atoms with E-state index in [1.807, 2.05) is 40.7 Å². The van der Waals surface area contributed by atoms with Crippen molar-refractivity contribution in [3.63, 3.8) is 0 Å². The highest BCUT2D eigenvalue weighted by Crippen LogP contribution is 2.22. The lowest BCUT2D eigenvalue weighted by Crippen LogP contribution is -2.28. The first-order valence-electron chi connectivity index (χ1n) is 7.60. The molecule has 1 amide bonds. The zero-order chi connectivity index (χ0) is 17.4. The van der Waals surface area contributed by atoms with Gasteiger partial charge in [0.2, 0.25) is 5.91 Å². The van der Waals surface area contributed by atoms with Gasteiger partial charge < -0.3 is 10.3 Å². The number of amides is 1. The van der Waals surface area contributed by atoms with Crippen LogP contribution in [-0.4, -0.2) is 25.2 Å². The van der Waals surface area contributed by atoms with Crippen LogP contribution in [0.3, 0.4) is 0 Å². The van der Waals surface area contributed by atoms with Gasteiger partial charge in [0.05, 0.1) is 17.5 Å². The number of pyridine rings is 1. The van der Waals surface area contributed by atoms with Crippen LogP contribution >= 0.6 is 0 Å². The first-order chi connectivity index (χ1) is 10.6. The fraction of sp³-hybridized carbons (Fsp3) is 0.500. The molecule has 23 heavy (non-hydrogen) atoms. The van der Waals surface area contributed by atoms with Gasteiger partial charge in [0.15, 0.2) is 11.6 Å². The molecular formula is C16H23N5O2. The van der Waals surface area contributed by atoms with Gasteiger partial charge in [-0.3, -0.25) is 9.59 Å². The molecule has 7 nitrogen and oxygen atoms in total. The lowest BCUT2D eigenvalue weighted by molar-refractivity contribution is -0.117. The molecule has 7 heteroatoms. The summed E-state index contributed by atoms with van der Waals surface area (Å²) in [6.45, 7) is 10.3. The second kappa shape index (κ2) is 5.98. The van der Waals surface area contributed by atoms with E-state index in [9.17, 15) is 9.59 Å². The number of hydrogen-bond donors (Lipinski definition) is 1. The highest BCUT2D eigenvalue weighted by atomic mass is 16.1. The minimum Gasteiger partial charge on any atom is -0.369 e. The number of nitrogens with zero attached hydrogens (tertiary/aromatic N) is 4. The third-order valence-corrected chi connectivity index (χ3v) is 3.57. The normalized spacial score (nSPS) is 11.7. The van der Waals surface area contributed by atoms with E-state index in [0.717, 1.165) is 5.69 Å². The Kier molecular flexibility index (Phi) is 4.40. The topological polar surface area (TPSA) is 95.8 Å². The molecule has 0 aromatic carbocycles. The summed E-state index contributed by atoms with van der Waals surface area (Å²) >= 11 is 0. The molecule has 0 spiro atoms. The van der Waals surface area contributed by atoms with E-state index in [1.165, 1.54) is 0 Å². The van der Waals surface area contributed by atoms with Gasteiger partial charge >= 0.3 is 0 Å². The Morgan fingerprint density at radius 2 is 1.96 bits per heavy atom. The number of hydrogen-bond acceptors (Lipinski definition) is 4. The van der Waals surface area contributed by atoms with E-state index in [4.69, 9.17) is 5.73 Å². The van der Waals surface area contributed by atoms with E-state index < -0.39 is 5.91 Å². The SMILES string of the molecule is CCn1c(C)ccc(-c2nc(CC(N)=O)nn2C(C)(C)C)c1=O. The van der Waals surface area contributed by atoms with E-state index in [0.29, 0.717) is 23.8 Å². The van der Waals surface area contributed by atoms with Gasteiger partial charge in [0.25, 0.3) is 5.56 Å². The summed E-state index contributed by atoms with van der Waals surface area (Å²) in [5.41, 5.74) is 6.09. The second-order valence-electron chi connectivity index (χ2n) is 6.52. The van der Waals surface area contributed by atoms with E-state index in [1.54, 1.807) is 15.3 Å². The van der Waals surface area contributed by atoms with Crippen LogP contribution in [0.2, 0.25) is 0 Å². The minimum atomic E-state index is -0.502. The van der Waals surface area contributed by atoms with Gasteiger partial charge in [-0.2, -0.15) is 5.10 Å². The summed E-state index contributed by atoms with van der Waals surface area (Å²) in [5.74, 6) is 0.281. The third kappa shape index (κ3) is 3.33. The van der Waals surface area contributed by atoms with Crippen LogP contribution < -0.4 is 11.3 Å². The number of nitrogens with two attached hydrogens (primary N) is 1. The number of aryl methyl sites for hydroxylation is 1. The summed E-state index contributed by atoms with van der Waals surface area (Å²) < 4.78 is 3.36. The Labute approximate surface area is 135 Å². The molecule has 2 aromatic rings. The highest BCUT2D eigenvalue weighted by Gasteiger charge is 2.24. The summed E-state index contributed by atoms with van der Waals surface area (Å²) in [5, 5.41) is 4.37.